The molecule has 0 radical (unpaired) electrons. The molecule has 0 atom stereocenters. The lowest BCUT2D eigenvalue weighted by Gasteiger charge is -2.03. The topological polar surface area (TPSA) is 96.5 Å². The van der Waals surface area contributed by atoms with E-state index in [-0.39, 0.29) is 5.91 Å². The Morgan fingerprint density at radius 3 is 3.11 bits per heavy atom. The molecule has 0 unspecified atom stereocenters. The van der Waals surface area contributed by atoms with E-state index in [1.165, 1.54) is 6.33 Å². The highest BCUT2D eigenvalue weighted by Crippen LogP contribution is 2.12. The van der Waals surface area contributed by atoms with Crippen LogP contribution >= 0.6 is 11.5 Å². The molecule has 19 heavy (non-hydrogen) atoms. The molecule has 0 aromatic carbocycles. The molecule has 0 saturated carbocycles. The molecule has 0 fully saturated rings. The summed E-state index contributed by atoms with van der Waals surface area (Å²) < 4.78 is 3.84. The van der Waals surface area contributed by atoms with Crippen LogP contribution in [0.5, 0.6) is 0 Å². The number of H-pyrrole nitrogens is 1. The zero-order valence-corrected chi connectivity index (χ0v) is 11.5. The van der Waals surface area contributed by atoms with Crippen LogP contribution in [0.3, 0.4) is 0 Å². The van der Waals surface area contributed by atoms with E-state index in [1.807, 2.05) is 0 Å². The lowest BCUT2D eigenvalue weighted by atomic mass is 10.2. The summed E-state index contributed by atoms with van der Waals surface area (Å²) in [6, 6.07) is 0. The van der Waals surface area contributed by atoms with Gasteiger partial charge in [-0.3, -0.25) is 9.89 Å². The summed E-state index contributed by atoms with van der Waals surface area (Å²) in [7, 11) is 0. The first kappa shape index (κ1) is 13.6. The van der Waals surface area contributed by atoms with Crippen molar-refractivity contribution in [2.45, 2.75) is 32.6 Å². The van der Waals surface area contributed by atoms with E-state index in [2.05, 4.69) is 37.0 Å². The third kappa shape index (κ3) is 3.82. The van der Waals surface area contributed by atoms with Crippen molar-refractivity contribution in [1.82, 2.24) is 30.1 Å². The normalized spacial score (nSPS) is 10.6. The van der Waals surface area contributed by atoms with E-state index in [0.717, 1.165) is 48.7 Å². The van der Waals surface area contributed by atoms with E-state index >= 15 is 0 Å². The van der Waals surface area contributed by atoms with Crippen LogP contribution in [-0.4, -0.2) is 37.2 Å². The number of hydrogen-bond donors (Lipinski definition) is 2. The van der Waals surface area contributed by atoms with Gasteiger partial charge < -0.3 is 5.32 Å². The van der Waals surface area contributed by atoms with Crippen molar-refractivity contribution in [2.75, 3.05) is 6.54 Å². The average molecular weight is 280 g/mol. The van der Waals surface area contributed by atoms with Crippen molar-refractivity contribution >= 4 is 17.4 Å². The molecule has 8 heteroatoms. The first-order chi connectivity index (χ1) is 9.31. The van der Waals surface area contributed by atoms with Gasteiger partial charge in [-0.15, -0.1) is 5.10 Å². The second kappa shape index (κ2) is 6.93. The van der Waals surface area contributed by atoms with Crippen LogP contribution in [0.1, 0.15) is 41.0 Å². The Hall–Kier alpha value is -1.83. The zero-order chi connectivity index (χ0) is 13.5. The van der Waals surface area contributed by atoms with Crippen LogP contribution in [0.2, 0.25) is 0 Å². The number of carbonyl (C=O) groups is 1. The van der Waals surface area contributed by atoms with Gasteiger partial charge in [0.15, 0.2) is 0 Å². The molecule has 1 amide bonds. The molecule has 0 saturated heterocycles. The Bertz CT molecular complexity index is 509. The van der Waals surface area contributed by atoms with Gasteiger partial charge >= 0.3 is 0 Å². The maximum atomic E-state index is 11.9. The van der Waals surface area contributed by atoms with Gasteiger partial charge in [-0.25, -0.2) is 4.98 Å². The van der Waals surface area contributed by atoms with Crippen molar-refractivity contribution in [1.29, 1.82) is 0 Å². The Morgan fingerprint density at radius 1 is 1.47 bits per heavy atom. The van der Waals surface area contributed by atoms with Gasteiger partial charge in [0.1, 0.15) is 17.0 Å². The fraction of sp³-hybridized carbons (Fsp3) is 0.545. The number of amides is 1. The SMILES string of the molecule is CCCc1nnsc1C(=O)NCCCc1ncn[nH]1. The Balaban J connectivity index is 1.76. The van der Waals surface area contributed by atoms with E-state index in [1.54, 1.807) is 0 Å². The predicted octanol–water partition coefficient (Wildman–Crippen LogP) is 0.971. The first-order valence-electron chi connectivity index (χ1n) is 6.25. The minimum Gasteiger partial charge on any atom is -0.351 e. The number of aromatic amines is 1. The molecular weight excluding hydrogens is 264 g/mol. The van der Waals surface area contributed by atoms with Gasteiger partial charge in [0.25, 0.3) is 5.91 Å². The summed E-state index contributed by atoms with van der Waals surface area (Å²) in [6.07, 6.45) is 4.81. The number of nitrogens with zero attached hydrogens (tertiary/aromatic N) is 4. The molecule has 0 bridgehead atoms. The summed E-state index contributed by atoms with van der Waals surface area (Å²) in [5.74, 6) is 0.747. The molecule has 2 aromatic rings. The fourth-order valence-electron chi connectivity index (χ4n) is 1.67. The van der Waals surface area contributed by atoms with Gasteiger partial charge in [0.2, 0.25) is 0 Å². The van der Waals surface area contributed by atoms with Crippen molar-refractivity contribution in [2.24, 2.45) is 0 Å². The maximum Gasteiger partial charge on any atom is 0.264 e. The van der Waals surface area contributed by atoms with Gasteiger partial charge in [-0.1, -0.05) is 17.8 Å². The first-order valence-corrected chi connectivity index (χ1v) is 7.02. The smallest absolute Gasteiger partial charge is 0.264 e. The lowest BCUT2D eigenvalue weighted by molar-refractivity contribution is 0.0956. The van der Waals surface area contributed by atoms with Crippen LogP contribution in [0.15, 0.2) is 6.33 Å². The van der Waals surface area contributed by atoms with Crippen LogP contribution in [0.4, 0.5) is 0 Å². The monoisotopic (exact) mass is 280 g/mol. The van der Waals surface area contributed by atoms with Crippen LogP contribution < -0.4 is 5.32 Å². The lowest BCUT2D eigenvalue weighted by Crippen LogP contribution is -2.25. The number of rotatable bonds is 7. The minimum atomic E-state index is -0.0870. The molecule has 0 aliphatic heterocycles. The second-order valence-corrected chi connectivity index (χ2v) is 4.84. The molecule has 102 valence electrons. The van der Waals surface area contributed by atoms with Crippen molar-refractivity contribution < 1.29 is 4.79 Å². The molecule has 7 nitrogen and oxygen atoms in total. The van der Waals surface area contributed by atoms with E-state index < -0.39 is 0 Å². The van der Waals surface area contributed by atoms with Crippen LogP contribution in [0.25, 0.3) is 0 Å². The van der Waals surface area contributed by atoms with Gasteiger partial charge in [0.05, 0.1) is 5.69 Å². The molecule has 2 rings (SSSR count). The summed E-state index contributed by atoms with van der Waals surface area (Å²) in [5, 5.41) is 13.4. The van der Waals surface area contributed by atoms with E-state index in [9.17, 15) is 4.79 Å². The van der Waals surface area contributed by atoms with Gasteiger partial charge in [0, 0.05) is 13.0 Å². The summed E-state index contributed by atoms with van der Waals surface area (Å²) in [5.41, 5.74) is 0.792. The quantitative estimate of drug-likeness (QED) is 0.737. The molecule has 0 aliphatic rings. The zero-order valence-electron chi connectivity index (χ0n) is 10.7. The Kier molecular flexibility index (Phi) is 4.96. The summed E-state index contributed by atoms with van der Waals surface area (Å²) >= 11 is 1.15. The summed E-state index contributed by atoms with van der Waals surface area (Å²) in [4.78, 5) is 16.6. The van der Waals surface area contributed by atoms with E-state index in [4.69, 9.17) is 0 Å². The molecule has 2 heterocycles. The second-order valence-electron chi connectivity index (χ2n) is 4.09. The van der Waals surface area contributed by atoms with E-state index in [0.29, 0.717) is 11.4 Å². The number of aryl methyl sites for hydroxylation is 2. The number of carbonyl (C=O) groups excluding carboxylic acids is 1. The van der Waals surface area contributed by atoms with Gasteiger partial charge in [-0.05, 0) is 24.4 Å². The van der Waals surface area contributed by atoms with Crippen molar-refractivity contribution in [3.05, 3.63) is 22.7 Å². The highest BCUT2D eigenvalue weighted by atomic mass is 32.1. The number of nitrogens with one attached hydrogen (secondary N) is 2. The predicted molar refractivity (Wildman–Crippen MR) is 70.9 cm³/mol. The number of hydrogen-bond acceptors (Lipinski definition) is 6. The summed E-state index contributed by atoms with van der Waals surface area (Å²) in [6.45, 7) is 2.65. The molecule has 0 spiro atoms. The standard InChI is InChI=1S/C11H16N6OS/c1-2-4-8-10(19-17-15-8)11(18)12-6-3-5-9-13-7-14-16-9/h7H,2-6H2,1H3,(H,12,18)(H,13,14,16). The third-order valence-corrected chi connectivity index (χ3v) is 3.36. The highest BCUT2D eigenvalue weighted by molar-refractivity contribution is 7.08. The van der Waals surface area contributed by atoms with Crippen molar-refractivity contribution in [3.63, 3.8) is 0 Å². The number of aromatic nitrogens is 5. The van der Waals surface area contributed by atoms with Gasteiger partial charge in [-0.2, -0.15) is 5.10 Å². The van der Waals surface area contributed by atoms with Crippen LogP contribution in [-0.2, 0) is 12.8 Å². The highest BCUT2D eigenvalue weighted by Gasteiger charge is 2.14. The molecule has 2 aromatic heterocycles. The third-order valence-electron chi connectivity index (χ3n) is 2.59. The molecule has 2 N–H and O–H groups in total. The Labute approximate surface area is 115 Å². The van der Waals surface area contributed by atoms with Crippen molar-refractivity contribution in [3.8, 4) is 0 Å². The largest absolute Gasteiger partial charge is 0.351 e. The Morgan fingerprint density at radius 2 is 2.37 bits per heavy atom. The maximum absolute atomic E-state index is 11.9. The average Bonchev–Trinajstić information content (AvgIpc) is 3.05. The minimum absolute atomic E-state index is 0.0870. The fourth-order valence-corrected chi connectivity index (χ4v) is 2.30. The molecular formula is C11H16N6OS. The molecule has 0 aliphatic carbocycles. The van der Waals surface area contributed by atoms with Crippen LogP contribution in [0, 0.1) is 0 Å².